The van der Waals surface area contributed by atoms with Crippen LogP contribution in [0.5, 0.6) is 23.0 Å². The third kappa shape index (κ3) is 7.81. The lowest BCUT2D eigenvalue weighted by Crippen LogP contribution is -2.09. The van der Waals surface area contributed by atoms with Gasteiger partial charge in [0, 0.05) is 34.4 Å². The molecule has 0 aliphatic carbocycles. The summed E-state index contributed by atoms with van der Waals surface area (Å²) in [5.41, 5.74) is 22.2. The van der Waals surface area contributed by atoms with Crippen LogP contribution in [0.15, 0.2) is 206 Å². The van der Waals surface area contributed by atoms with E-state index in [0.29, 0.717) is 11.4 Å². The number of para-hydroxylation sites is 1. The molecule has 0 spiro atoms. The standard InChI is InChI=1S/C49H39N3O2/c50-40-19-29-46(30-20-40)53-45-27-17-39(18-28-45)49(37-7-3-1-4-8-37)38-13-11-35(12-14-38)36-15-23-43(24-16-36)52(42-9-5-2-6-10-42)44-25-33-48(34-26-44)54-47-31-21-41(51)22-32-47/h1-34,49H,50-51H2. The fourth-order valence-corrected chi connectivity index (χ4v) is 6.65. The van der Waals surface area contributed by atoms with Crippen LogP contribution in [0.4, 0.5) is 28.4 Å². The molecule has 54 heavy (non-hydrogen) atoms. The van der Waals surface area contributed by atoms with Crippen molar-refractivity contribution in [2.75, 3.05) is 16.4 Å². The minimum atomic E-state index is 0.0657. The van der Waals surface area contributed by atoms with Gasteiger partial charge in [-0.05, 0) is 137 Å². The highest BCUT2D eigenvalue weighted by Crippen LogP contribution is 2.38. The molecule has 0 fully saturated rings. The van der Waals surface area contributed by atoms with E-state index in [0.717, 1.165) is 51.2 Å². The van der Waals surface area contributed by atoms with Gasteiger partial charge in [-0.1, -0.05) is 97.1 Å². The SMILES string of the molecule is Nc1ccc(Oc2ccc(C(c3ccccc3)c3ccc(-c4ccc(N(c5ccccc5)c5ccc(Oc6ccc(N)cc6)cc5)cc4)cc3)cc2)cc1. The van der Waals surface area contributed by atoms with Crippen molar-refractivity contribution in [3.8, 4) is 34.1 Å². The Bertz CT molecular complexity index is 2220. The van der Waals surface area contributed by atoms with E-state index in [9.17, 15) is 0 Å². The first-order valence-electron chi connectivity index (χ1n) is 17.9. The molecule has 0 aliphatic rings. The van der Waals surface area contributed by atoms with Gasteiger partial charge in [-0.2, -0.15) is 0 Å². The molecular weight excluding hydrogens is 663 g/mol. The van der Waals surface area contributed by atoms with Gasteiger partial charge in [0.25, 0.3) is 0 Å². The van der Waals surface area contributed by atoms with E-state index in [1.807, 2.05) is 78.9 Å². The highest BCUT2D eigenvalue weighted by atomic mass is 16.5. The first-order valence-corrected chi connectivity index (χ1v) is 17.9. The summed E-state index contributed by atoms with van der Waals surface area (Å²) < 4.78 is 12.1. The van der Waals surface area contributed by atoms with Gasteiger partial charge in [0.05, 0.1) is 0 Å². The summed E-state index contributed by atoms with van der Waals surface area (Å²) in [5, 5.41) is 0. The number of nitrogens with two attached hydrogens (primary N) is 2. The maximum absolute atomic E-state index is 6.08. The van der Waals surface area contributed by atoms with E-state index in [1.165, 1.54) is 16.7 Å². The van der Waals surface area contributed by atoms with Crippen LogP contribution in [0, 0.1) is 0 Å². The molecule has 4 N–H and O–H groups in total. The molecule has 262 valence electrons. The fraction of sp³-hybridized carbons (Fsp3) is 0.0204. The lowest BCUT2D eigenvalue weighted by atomic mass is 9.84. The van der Waals surface area contributed by atoms with Crippen LogP contribution < -0.4 is 25.8 Å². The number of anilines is 5. The second-order valence-corrected chi connectivity index (χ2v) is 13.1. The first-order chi connectivity index (χ1) is 26.6. The van der Waals surface area contributed by atoms with Crippen molar-refractivity contribution in [3.63, 3.8) is 0 Å². The molecular formula is C49H39N3O2. The molecule has 5 heteroatoms. The Morgan fingerprint density at radius 3 is 1.09 bits per heavy atom. The van der Waals surface area contributed by atoms with E-state index in [4.69, 9.17) is 20.9 Å². The van der Waals surface area contributed by atoms with E-state index in [2.05, 4.69) is 132 Å². The van der Waals surface area contributed by atoms with Gasteiger partial charge in [-0.3, -0.25) is 0 Å². The van der Waals surface area contributed by atoms with Crippen molar-refractivity contribution in [2.45, 2.75) is 5.92 Å². The Morgan fingerprint density at radius 1 is 0.315 bits per heavy atom. The Kier molecular flexibility index (Phi) is 9.76. The van der Waals surface area contributed by atoms with Crippen LogP contribution >= 0.6 is 0 Å². The molecule has 0 aliphatic heterocycles. The lowest BCUT2D eigenvalue weighted by molar-refractivity contribution is 0.482. The maximum atomic E-state index is 6.08. The zero-order valence-electron chi connectivity index (χ0n) is 29.6. The van der Waals surface area contributed by atoms with Crippen LogP contribution in [0.3, 0.4) is 0 Å². The highest BCUT2D eigenvalue weighted by Gasteiger charge is 2.18. The minimum absolute atomic E-state index is 0.0657. The largest absolute Gasteiger partial charge is 0.457 e. The number of benzene rings is 8. The summed E-state index contributed by atoms with van der Waals surface area (Å²) in [4.78, 5) is 2.25. The van der Waals surface area contributed by atoms with Gasteiger partial charge in [-0.25, -0.2) is 0 Å². The average molecular weight is 702 g/mol. The zero-order chi connectivity index (χ0) is 36.7. The third-order valence-electron chi connectivity index (χ3n) is 9.39. The number of nitrogens with zero attached hydrogens (tertiary/aromatic N) is 1. The van der Waals surface area contributed by atoms with Crippen molar-refractivity contribution < 1.29 is 9.47 Å². The van der Waals surface area contributed by atoms with Gasteiger partial charge in [-0.15, -0.1) is 0 Å². The van der Waals surface area contributed by atoms with Gasteiger partial charge in [0.15, 0.2) is 0 Å². The topological polar surface area (TPSA) is 73.7 Å². The van der Waals surface area contributed by atoms with Gasteiger partial charge in [0.2, 0.25) is 0 Å². The summed E-state index contributed by atoms with van der Waals surface area (Å²) in [5.74, 6) is 3.09. The second kappa shape index (κ2) is 15.6. The smallest absolute Gasteiger partial charge is 0.127 e. The Morgan fingerprint density at radius 2 is 0.630 bits per heavy atom. The van der Waals surface area contributed by atoms with Crippen LogP contribution in [0.2, 0.25) is 0 Å². The van der Waals surface area contributed by atoms with Crippen LogP contribution in [-0.4, -0.2) is 0 Å². The van der Waals surface area contributed by atoms with Crippen molar-refractivity contribution in [1.82, 2.24) is 0 Å². The molecule has 5 nitrogen and oxygen atoms in total. The predicted octanol–water partition coefficient (Wildman–Crippen LogP) is 12.8. The number of ether oxygens (including phenoxy) is 2. The predicted molar refractivity (Wildman–Crippen MR) is 222 cm³/mol. The summed E-state index contributed by atoms with van der Waals surface area (Å²) in [6.07, 6.45) is 0. The first kappa shape index (κ1) is 33.9. The number of hydrogen-bond acceptors (Lipinski definition) is 5. The van der Waals surface area contributed by atoms with Crippen LogP contribution in [-0.2, 0) is 0 Å². The molecule has 0 heterocycles. The van der Waals surface area contributed by atoms with Crippen molar-refractivity contribution in [1.29, 1.82) is 0 Å². The van der Waals surface area contributed by atoms with E-state index in [-0.39, 0.29) is 5.92 Å². The van der Waals surface area contributed by atoms with Crippen molar-refractivity contribution in [2.24, 2.45) is 0 Å². The summed E-state index contributed by atoms with van der Waals surface area (Å²) in [6.45, 7) is 0. The fourth-order valence-electron chi connectivity index (χ4n) is 6.65. The molecule has 1 atom stereocenters. The van der Waals surface area contributed by atoms with E-state index >= 15 is 0 Å². The Balaban J connectivity index is 1.03. The summed E-state index contributed by atoms with van der Waals surface area (Å²) >= 11 is 0. The van der Waals surface area contributed by atoms with E-state index < -0.39 is 0 Å². The maximum Gasteiger partial charge on any atom is 0.127 e. The Hall–Kier alpha value is -7.24. The molecule has 8 aromatic carbocycles. The molecule has 0 bridgehead atoms. The second-order valence-electron chi connectivity index (χ2n) is 13.1. The number of hydrogen-bond donors (Lipinski definition) is 2. The molecule has 0 radical (unpaired) electrons. The summed E-state index contributed by atoms with van der Waals surface area (Å²) in [7, 11) is 0. The average Bonchev–Trinajstić information content (AvgIpc) is 3.22. The van der Waals surface area contributed by atoms with E-state index in [1.54, 1.807) is 0 Å². The highest BCUT2D eigenvalue weighted by molar-refractivity contribution is 5.78. The number of nitrogen functional groups attached to an aromatic ring is 2. The Labute approximate surface area is 316 Å². The molecule has 0 amide bonds. The normalized spacial score (nSPS) is 11.4. The third-order valence-corrected chi connectivity index (χ3v) is 9.39. The summed E-state index contributed by atoms with van der Waals surface area (Å²) in [6, 6.07) is 70.0. The molecule has 0 saturated heterocycles. The van der Waals surface area contributed by atoms with Crippen molar-refractivity contribution in [3.05, 3.63) is 223 Å². The van der Waals surface area contributed by atoms with Crippen LogP contribution in [0.25, 0.3) is 11.1 Å². The lowest BCUT2D eigenvalue weighted by Gasteiger charge is -2.26. The molecule has 0 aromatic heterocycles. The molecule has 8 aromatic rings. The van der Waals surface area contributed by atoms with Gasteiger partial charge in [0.1, 0.15) is 23.0 Å². The molecule has 8 rings (SSSR count). The molecule has 1 unspecified atom stereocenters. The number of rotatable bonds is 11. The molecule has 0 saturated carbocycles. The van der Waals surface area contributed by atoms with Gasteiger partial charge >= 0.3 is 0 Å². The minimum Gasteiger partial charge on any atom is -0.457 e. The quantitative estimate of drug-likeness (QED) is 0.104. The van der Waals surface area contributed by atoms with Crippen LogP contribution in [0.1, 0.15) is 22.6 Å². The monoisotopic (exact) mass is 701 g/mol. The van der Waals surface area contributed by atoms with Gasteiger partial charge < -0.3 is 25.8 Å². The zero-order valence-corrected chi connectivity index (χ0v) is 29.6. The van der Waals surface area contributed by atoms with Crippen molar-refractivity contribution >= 4 is 28.4 Å².